The van der Waals surface area contributed by atoms with Crippen LogP contribution in [-0.2, 0) is 9.59 Å². The Labute approximate surface area is 98.1 Å². The summed E-state index contributed by atoms with van der Waals surface area (Å²) in [6, 6.07) is 0. The molecule has 0 fully saturated rings. The van der Waals surface area contributed by atoms with E-state index in [1.807, 2.05) is 0 Å². The third-order valence-electron chi connectivity index (χ3n) is 3.42. The number of ketones is 1. The maximum atomic E-state index is 11.0. The Balaban J connectivity index is 2.41. The van der Waals surface area contributed by atoms with Crippen LogP contribution in [0.4, 0.5) is 0 Å². The van der Waals surface area contributed by atoms with Crippen molar-refractivity contribution < 1.29 is 9.59 Å². The van der Waals surface area contributed by atoms with E-state index in [1.54, 1.807) is 6.92 Å². The molecule has 3 atom stereocenters. The lowest BCUT2D eigenvalue weighted by Crippen LogP contribution is -2.15. The predicted molar refractivity (Wildman–Crippen MR) is 65.1 cm³/mol. The van der Waals surface area contributed by atoms with E-state index in [4.69, 9.17) is 0 Å². The fourth-order valence-electron chi connectivity index (χ4n) is 2.46. The smallest absolute Gasteiger partial charge is 0.129 e. The molecular weight excluding hydrogens is 200 g/mol. The zero-order chi connectivity index (χ0) is 12.0. The van der Waals surface area contributed by atoms with Gasteiger partial charge in [-0.25, -0.2) is 0 Å². The van der Waals surface area contributed by atoms with E-state index in [-0.39, 0.29) is 11.7 Å². The molecule has 0 aromatic rings. The minimum Gasteiger partial charge on any atom is -0.303 e. The molecule has 1 rings (SSSR count). The van der Waals surface area contributed by atoms with Crippen molar-refractivity contribution in [2.75, 3.05) is 0 Å². The van der Waals surface area contributed by atoms with Crippen LogP contribution in [0.3, 0.4) is 0 Å². The second kappa shape index (κ2) is 6.62. The molecule has 0 spiro atoms. The Morgan fingerprint density at radius 3 is 2.81 bits per heavy atom. The van der Waals surface area contributed by atoms with Crippen molar-refractivity contribution in [1.82, 2.24) is 0 Å². The van der Waals surface area contributed by atoms with E-state index in [2.05, 4.69) is 19.1 Å². The number of rotatable bonds is 7. The summed E-state index contributed by atoms with van der Waals surface area (Å²) in [6.45, 7) is 3.78. The van der Waals surface area contributed by atoms with Gasteiger partial charge in [0, 0.05) is 12.3 Å². The quantitative estimate of drug-likeness (QED) is 0.490. The van der Waals surface area contributed by atoms with E-state index in [0.717, 1.165) is 12.7 Å². The van der Waals surface area contributed by atoms with Crippen molar-refractivity contribution in [2.45, 2.75) is 46.0 Å². The van der Waals surface area contributed by atoms with Gasteiger partial charge in [-0.3, -0.25) is 0 Å². The third-order valence-corrected chi connectivity index (χ3v) is 3.42. The molecule has 1 aliphatic rings. The van der Waals surface area contributed by atoms with Gasteiger partial charge in [0.05, 0.1) is 0 Å². The Morgan fingerprint density at radius 2 is 2.25 bits per heavy atom. The summed E-state index contributed by atoms with van der Waals surface area (Å²) in [5, 5.41) is 0. The van der Waals surface area contributed by atoms with Crippen molar-refractivity contribution in [3.8, 4) is 0 Å². The first-order valence-corrected chi connectivity index (χ1v) is 6.30. The number of hydrogen-bond acceptors (Lipinski definition) is 2. The molecule has 0 heterocycles. The summed E-state index contributed by atoms with van der Waals surface area (Å²) in [7, 11) is 0. The molecule has 0 saturated carbocycles. The van der Waals surface area contributed by atoms with Crippen molar-refractivity contribution in [3.63, 3.8) is 0 Å². The fraction of sp³-hybridized carbons (Fsp3) is 0.714. The van der Waals surface area contributed by atoms with Crippen LogP contribution in [0.2, 0.25) is 0 Å². The molecule has 1 aliphatic carbocycles. The predicted octanol–water partition coefficient (Wildman–Crippen LogP) is 3.16. The summed E-state index contributed by atoms with van der Waals surface area (Å²) in [5.41, 5.74) is 0. The van der Waals surface area contributed by atoms with Crippen LogP contribution in [0.1, 0.15) is 46.0 Å². The first kappa shape index (κ1) is 13.1. The SMILES string of the molecule is CCC[C@@H]1C=C[C@@H](C(C=O)CCC(C)=O)C1. The van der Waals surface area contributed by atoms with E-state index >= 15 is 0 Å². The molecule has 0 radical (unpaired) electrons. The lowest BCUT2D eigenvalue weighted by molar-refractivity contribution is -0.117. The number of carbonyl (C=O) groups excluding carboxylic acids is 2. The van der Waals surface area contributed by atoms with Gasteiger partial charge < -0.3 is 9.59 Å². The minimum absolute atomic E-state index is 0.0435. The number of carbonyl (C=O) groups is 2. The van der Waals surface area contributed by atoms with Gasteiger partial charge in [-0.05, 0) is 38.0 Å². The van der Waals surface area contributed by atoms with Gasteiger partial charge >= 0.3 is 0 Å². The highest BCUT2D eigenvalue weighted by atomic mass is 16.1. The summed E-state index contributed by atoms with van der Waals surface area (Å²) in [5.74, 6) is 1.24. The zero-order valence-electron chi connectivity index (χ0n) is 10.3. The van der Waals surface area contributed by atoms with Crippen molar-refractivity contribution in [3.05, 3.63) is 12.2 Å². The number of aldehydes is 1. The molecule has 0 aromatic heterocycles. The van der Waals surface area contributed by atoms with Crippen LogP contribution in [0.5, 0.6) is 0 Å². The molecule has 90 valence electrons. The average Bonchev–Trinajstić information content (AvgIpc) is 2.68. The highest BCUT2D eigenvalue weighted by molar-refractivity contribution is 5.75. The average molecular weight is 222 g/mol. The van der Waals surface area contributed by atoms with Gasteiger partial charge in [0.25, 0.3) is 0 Å². The topological polar surface area (TPSA) is 34.1 Å². The monoisotopic (exact) mass is 222 g/mol. The lowest BCUT2D eigenvalue weighted by Gasteiger charge is -2.17. The van der Waals surface area contributed by atoms with Crippen LogP contribution >= 0.6 is 0 Å². The maximum Gasteiger partial charge on any atom is 0.129 e. The molecular formula is C14H22O2. The van der Waals surface area contributed by atoms with Gasteiger partial charge in [0.1, 0.15) is 12.1 Å². The van der Waals surface area contributed by atoms with Crippen molar-refractivity contribution in [1.29, 1.82) is 0 Å². The molecule has 0 bridgehead atoms. The van der Waals surface area contributed by atoms with Crippen LogP contribution in [0, 0.1) is 17.8 Å². The molecule has 2 heteroatoms. The molecule has 0 aromatic carbocycles. The van der Waals surface area contributed by atoms with Crippen LogP contribution < -0.4 is 0 Å². The first-order chi connectivity index (χ1) is 7.67. The van der Waals surface area contributed by atoms with Crippen LogP contribution in [0.25, 0.3) is 0 Å². The van der Waals surface area contributed by atoms with Crippen LogP contribution in [-0.4, -0.2) is 12.1 Å². The van der Waals surface area contributed by atoms with Gasteiger partial charge in [-0.15, -0.1) is 0 Å². The summed E-state index contributed by atoms with van der Waals surface area (Å²) in [4.78, 5) is 21.9. The summed E-state index contributed by atoms with van der Waals surface area (Å²) in [6.07, 6.45) is 10.2. The molecule has 0 N–H and O–H groups in total. The Kier molecular flexibility index (Phi) is 5.44. The normalized spacial score (nSPS) is 25.6. The second-order valence-corrected chi connectivity index (χ2v) is 4.87. The van der Waals surface area contributed by atoms with Crippen LogP contribution in [0.15, 0.2) is 12.2 Å². The van der Waals surface area contributed by atoms with Gasteiger partial charge in [0.2, 0.25) is 0 Å². The van der Waals surface area contributed by atoms with E-state index in [1.165, 1.54) is 12.8 Å². The first-order valence-electron chi connectivity index (χ1n) is 6.30. The Bertz CT molecular complexity index is 268. The number of allylic oxidation sites excluding steroid dienone is 2. The zero-order valence-corrected chi connectivity index (χ0v) is 10.3. The third kappa shape index (κ3) is 3.92. The van der Waals surface area contributed by atoms with Crippen molar-refractivity contribution >= 4 is 12.1 Å². The van der Waals surface area contributed by atoms with E-state index < -0.39 is 0 Å². The van der Waals surface area contributed by atoms with E-state index in [9.17, 15) is 9.59 Å². The largest absolute Gasteiger partial charge is 0.303 e. The Morgan fingerprint density at radius 1 is 1.50 bits per heavy atom. The van der Waals surface area contributed by atoms with Gasteiger partial charge in [-0.2, -0.15) is 0 Å². The maximum absolute atomic E-state index is 11.0. The molecule has 16 heavy (non-hydrogen) atoms. The van der Waals surface area contributed by atoms with Crippen molar-refractivity contribution in [2.24, 2.45) is 17.8 Å². The van der Waals surface area contributed by atoms with Gasteiger partial charge in [-0.1, -0.05) is 25.5 Å². The number of hydrogen-bond donors (Lipinski definition) is 0. The van der Waals surface area contributed by atoms with Gasteiger partial charge in [0.15, 0.2) is 0 Å². The minimum atomic E-state index is 0.0435. The molecule has 1 unspecified atom stereocenters. The lowest BCUT2D eigenvalue weighted by atomic mass is 9.86. The highest BCUT2D eigenvalue weighted by Gasteiger charge is 2.25. The Hall–Kier alpha value is -0.920. The second-order valence-electron chi connectivity index (χ2n) is 4.87. The summed E-state index contributed by atoms with van der Waals surface area (Å²) < 4.78 is 0. The number of Topliss-reactive ketones (excluding diaryl/α,β-unsaturated/α-hetero) is 1. The molecule has 0 amide bonds. The molecule has 0 saturated heterocycles. The highest BCUT2D eigenvalue weighted by Crippen LogP contribution is 2.33. The summed E-state index contributed by atoms with van der Waals surface area (Å²) >= 11 is 0. The van der Waals surface area contributed by atoms with E-state index in [0.29, 0.717) is 24.7 Å². The molecule has 2 nitrogen and oxygen atoms in total. The molecule has 0 aliphatic heterocycles. The standard InChI is InChI=1S/C14H22O2/c1-3-4-12-6-8-13(9-12)14(10-15)7-5-11(2)16/h6,8,10,12-14H,3-5,7,9H2,1-2H3/t12-,13-,14?/m1/s1. The fourth-order valence-corrected chi connectivity index (χ4v) is 2.46.